The molecule has 2 nitrogen and oxygen atoms in total. The molecular formula is C11H18Br2N2. The van der Waals surface area contributed by atoms with Crippen LogP contribution in [0.5, 0.6) is 0 Å². The van der Waals surface area contributed by atoms with Crippen LogP contribution in [0, 0.1) is 0 Å². The van der Waals surface area contributed by atoms with Crippen LogP contribution in [0.3, 0.4) is 0 Å². The van der Waals surface area contributed by atoms with Gasteiger partial charge >= 0.3 is 0 Å². The molecule has 1 aromatic rings. The molecule has 1 rings (SSSR count). The average molecular weight is 338 g/mol. The molecule has 4 heteroatoms. The fraction of sp³-hybridized carbons (Fsp3) is 0.727. The molecule has 0 aliphatic carbocycles. The fourth-order valence-corrected chi connectivity index (χ4v) is 2.24. The van der Waals surface area contributed by atoms with Crippen molar-refractivity contribution < 1.29 is 0 Å². The van der Waals surface area contributed by atoms with Crippen molar-refractivity contribution >= 4 is 31.9 Å². The molecular weight excluding hydrogens is 320 g/mol. The monoisotopic (exact) mass is 336 g/mol. The molecule has 0 fully saturated rings. The third kappa shape index (κ3) is 3.59. The summed E-state index contributed by atoms with van der Waals surface area (Å²) in [4.78, 5) is 0.611. The van der Waals surface area contributed by atoms with Crippen LogP contribution in [0.25, 0.3) is 0 Å². The van der Waals surface area contributed by atoms with Gasteiger partial charge in [0, 0.05) is 10.9 Å². The zero-order valence-corrected chi connectivity index (χ0v) is 12.7. The van der Waals surface area contributed by atoms with E-state index in [2.05, 4.69) is 62.4 Å². The highest BCUT2D eigenvalue weighted by Gasteiger charge is 2.12. The SMILES string of the molecule is CCC(Br)CCc1c(Br)cnn1C(C)C. The Balaban J connectivity index is 2.70. The van der Waals surface area contributed by atoms with Crippen LogP contribution in [0.1, 0.15) is 45.3 Å². The van der Waals surface area contributed by atoms with E-state index < -0.39 is 0 Å². The minimum atomic E-state index is 0.432. The first-order chi connectivity index (χ1) is 7.06. The van der Waals surface area contributed by atoms with E-state index in [0.717, 1.165) is 17.3 Å². The third-order valence-electron chi connectivity index (χ3n) is 2.47. The summed E-state index contributed by atoms with van der Waals surface area (Å²) in [6.45, 7) is 6.52. The Morgan fingerprint density at radius 1 is 1.47 bits per heavy atom. The van der Waals surface area contributed by atoms with E-state index in [1.165, 1.54) is 12.1 Å². The zero-order chi connectivity index (χ0) is 11.4. The highest BCUT2D eigenvalue weighted by atomic mass is 79.9. The van der Waals surface area contributed by atoms with Crippen LogP contribution < -0.4 is 0 Å². The van der Waals surface area contributed by atoms with Gasteiger partial charge < -0.3 is 0 Å². The van der Waals surface area contributed by atoms with E-state index in [-0.39, 0.29) is 0 Å². The lowest BCUT2D eigenvalue weighted by Gasteiger charge is -2.12. The van der Waals surface area contributed by atoms with Crippen molar-refractivity contribution in [1.29, 1.82) is 0 Å². The van der Waals surface area contributed by atoms with E-state index in [0.29, 0.717) is 10.9 Å². The molecule has 0 aliphatic heterocycles. The molecule has 0 amide bonds. The summed E-state index contributed by atoms with van der Waals surface area (Å²) < 4.78 is 3.23. The maximum Gasteiger partial charge on any atom is 0.0635 e. The number of alkyl halides is 1. The van der Waals surface area contributed by atoms with Gasteiger partial charge in [-0.15, -0.1) is 0 Å². The Bertz CT molecular complexity index is 308. The summed E-state index contributed by atoms with van der Waals surface area (Å²) in [5.41, 5.74) is 1.31. The molecule has 0 bridgehead atoms. The van der Waals surface area contributed by atoms with Gasteiger partial charge in [-0.2, -0.15) is 5.10 Å². The van der Waals surface area contributed by atoms with Crippen molar-refractivity contribution in [1.82, 2.24) is 9.78 Å². The maximum absolute atomic E-state index is 4.37. The minimum Gasteiger partial charge on any atom is -0.266 e. The van der Waals surface area contributed by atoms with Crippen LogP contribution in [-0.4, -0.2) is 14.6 Å². The second-order valence-corrected chi connectivity index (χ2v) is 6.17. The zero-order valence-electron chi connectivity index (χ0n) is 9.50. The molecule has 0 saturated carbocycles. The second kappa shape index (κ2) is 6.04. The first kappa shape index (κ1) is 13.2. The molecule has 1 heterocycles. The van der Waals surface area contributed by atoms with Crippen molar-refractivity contribution in [2.45, 2.75) is 50.9 Å². The minimum absolute atomic E-state index is 0.432. The smallest absolute Gasteiger partial charge is 0.0635 e. The van der Waals surface area contributed by atoms with Gasteiger partial charge in [-0.05, 0) is 49.0 Å². The summed E-state index contributed by atoms with van der Waals surface area (Å²) in [5, 5.41) is 4.37. The molecule has 0 radical (unpaired) electrons. The van der Waals surface area contributed by atoms with Crippen molar-refractivity contribution in [2.75, 3.05) is 0 Å². The standard InChI is InChI=1S/C11H18Br2N2/c1-4-9(12)5-6-11-10(13)7-14-15(11)8(2)3/h7-9H,4-6H2,1-3H3. The fourth-order valence-electron chi connectivity index (χ4n) is 1.54. The molecule has 1 atom stereocenters. The third-order valence-corrected chi connectivity index (χ3v) is 4.24. The van der Waals surface area contributed by atoms with Gasteiger partial charge in [0.2, 0.25) is 0 Å². The van der Waals surface area contributed by atoms with Crippen LogP contribution in [0.2, 0.25) is 0 Å². The van der Waals surface area contributed by atoms with E-state index >= 15 is 0 Å². The van der Waals surface area contributed by atoms with Crippen molar-refractivity contribution in [3.63, 3.8) is 0 Å². The summed E-state index contributed by atoms with van der Waals surface area (Å²) >= 11 is 7.22. The largest absolute Gasteiger partial charge is 0.266 e. The van der Waals surface area contributed by atoms with Crippen LogP contribution in [0.4, 0.5) is 0 Å². The molecule has 0 saturated heterocycles. The van der Waals surface area contributed by atoms with Gasteiger partial charge in [0.1, 0.15) is 0 Å². The first-order valence-corrected chi connectivity index (χ1v) is 7.13. The van der Waals surface area contributed by atoms with Crippen molar-refractivity contribution in [2.24, 2.45) is 0 Å². The lowest BCUT2D eigenvalue weighted by atomic mass is 10.1. The first-order valence-electron chi connectivity index (χ1n) is 5.42. The summed E-state index contributed by atoms with van der Waals surface area (Å²) in [6.07, 6.45) is 5.30. The Kier molecular flexibility index (Phi) is 5.33. The topological polar surface area (TPSA) is 17.8 Å². The van der Waals surface area contributed by atoms with Gasteiger partial charge in [0.05, 0.1) is 16.4 Å². The van der Waals surface area contributed by atoms with Crippen LogP contribution >= 0.6 is 31.9 Å². The van der Waals surface area contributed by atoms with Gasteiger partial charge in [-0.25, -0.2) is 0 Å². The second-order valence-electron chi connectivity index (χ2n) is 4.02. The predicted octanol–water partition coefficient (Wildman–Crippen LogP) is 4.33. The Labute approximate surface area is 109 Å². The Morgan fingerprint density at radius 3 is 2.67 bits per heavy atom. The number of nitrogens with zero attached hydrogens (tertiary/aromatic N) is 2. The average Bonchev–Trinajstić information content (AvgIpc) is 2.56. The number of hydrogen-bond acceptors (Lipinski definition) is 1. The highest BCUT2D eigenvalue weighted by Crippen LogP contribution is 2.23. The van der Waals surface area contributed by atoms with Gasteiger partial charge in [0.25, 0.3) is 0 Å². The predicted molar refractivity (Wildman–Crippen MR) is 71.6 cm³/mol. The summed E-state index contributed by atoms with van der Waals surface area (Å²) in [5.74, 6) is 0. The van der Waals surface area contributed by atoms with Gasteiger partial charge in [0.15, 0.2) is 0 Å². The molecule has 0 aromatic carbocycles. The number of halogens is 2. The Morgan fingerprint density at radius 2 is 2.13 bits per heavy atom. The van der Waals surface area contributed by atoms with Crippen LogP contribution in [0.15, 0.2) is 10.7 Å². The maximum atomic E-state index is 4.37. The number of aromatic nitrogens is 2. The van der Waals surface area contributed by atoms with E-state index in [1.807, 2.05) is 6.20 Å². The lowest BCUT2D eigenvalue weighted by Crippen LogP contribution is -2.09. The Hall–Kier alpha value is 0.170. The number of hydrogen-bond donors (Lipinski definition) is 0. The summed E-state index contributed by atoms with van der Waals surface area (Å²) in [7, 11) is 0. The molecule has 1 unspecified atom stereocenters. The quantitative estimate of drug-likeness (QED) is 0.731. The van der Waals surface area contributed by atoms with Crippen LogP contribution in [-0.2, 0) is 6.42 Å². The van der Waals surface area contributed by atoms with Gasteiger partial charge in [-0.1, -0.05) is 22.9 Å². The van der Waals surface area contributed by atoms with E-state index in [4.69, 9.17) is 0 Å². The van der Waals surface area contributed by atoms with E-state index in [1.54, 1.807) is 0 Å². The van der Waals surface area contributed by atoms with E-state index in [9.17, 15) is 0 Å². The van der Waals surface area contributed by atoms with Crippen molar-refractivity contribution in [3.8, 4) is 0 Å². The summed E-state index contributed by atoms with van der Waals surface area (Å²) in [6, 6.07) is 0.432. The molecule has 1 aromatic heterocycles. The highest BCUT2D eigenvalue weighted by molar-refractivity contribution is 9.10. The normalized spacial score (nSPS) is 13.5. The van der Waals surface area contributed by atoms with Crippen molar-refractivity contribution in [3.05, 3.63) is 16.4 Å². The number of rotatable bonds is 5. The van der Waals surface area contributed by atoms with Gasteiger partial charge in [-0.3, -0.25) is 4.68 Å². The molecule has 15 heavy (non-hydrogen) atoms. The molecule has 0 N–H and O–H groups in total. The molecule has 0 aliphatic rings. The molecule has 86 valence electrons. The molecule has 0 spiro atoms. The lowest BCUT2D eigenvalue weighted by molar-refractivity contribution is 0.503.